The van der Waals surface area contributed by atoms with Crippen molar-refractivity contribution in [3.63, 3.8) is 0 Å². The van der Waals surface area contributed by atoms with Gasteiger partial charge in [0.1, 0.15) is 30.5 Å². The second kappa shape index (κ2) is 15.2. The number of benzene rings is 4. The number of hydrogen-bond acceptors (Lipinski definition) is 6. The lowest BCUT2D eigenvalue weighted by atomic mass is 9.95. The molecular weight excluding hydrogens is 564 g/mol. The minimum absolute atomic E-state index is 0.0822. The van der Waals surface area contributed by atoms with E-state index in [2.05, 4.69) is 18.7 Å². The molecule has 1 aliphatic rings. The van der Waals surface area contributed by atoms with E-state index < -0.39 is 17.7 Å². The quantitative estimate of drug-likeness (QED) is 0.0949. The number of likely N-dealkylation sites (tertiary alicyclic amines) is 1. The SMILES string of the molecule is CCN(CC)CCCN1C(=O)C(=O)C(=C(O)c2ccc(OCc3ccccc3)cc2)[C@@H]1c1ccc(OCc2ccccc2)cc1. The zero-order valence-corrected chi connectivity index (χ0v) is 25.9. The third-order valence-electron chi connectivity index (χ3n) is 8.13. The van der Waals surface area contributed by atoms with Gasteiger partial charge < -0.3 is 24.4 Å². The van der Waals surface area contributed by atoms with Crippen LogP contribution >= 0.6 is 0 Å². The van der Waals surface area contributed by atoms with Gasteiger partial charge in [-0.05, 0) is 79.1 Å². The molecule has 1 N–H and O–H groups in total. The molecule has 7 heteroatoms. The summed E-state index contributed by atoms with van der Waals surface area (Å²) in [5, 5.41) is 11.5. The molecular formula is C38H40N2O5. The topological polar surface area (TPSA) is 79.3 Å². The van der Waals surface area contributed by atoms with E-state index in [-0.39, 0.29) is 11.3 Å². The molecule has 45 heavy (non-hydrogen) atoms. The molecule has 7 nitrogen and oxygen atoms in total. The van der Waals surface area contributed by atoms with Crippen molar-refractivity contribution < 1.29 is 24.2 Å². The maximum absolute atomic E-state index is 13.5. The molecule has 1 atom stereocenters. The zero-order chi connectivity index (χ0) is 31.6. The Morgan fingerprint density at radius 1 is 0.733 bits per heavy atom. The van der Waals surface area contributed by atoms with Crippen LogP contribution in [0.15, 0.2) is 115 Å². The standard InChI is InChI=1S/C38H40N2O5/c1-3-39(4-2)24-11-25-40-35(30-16-20-32(21-17-30)44-26-28-12-7-5-8-13-28)34(37(42)38(40)43)36(41)31-18-22-33(23-19-31)45-27-29-14-9-6-10-15-29/h5-10,12-23,35,41H,3-4,11,24-27H2,1-2H3/t35-/m0/s1. The number of ketones is 1. The van der Waals surface area contributed by atoms with Crippen molar-refractivity contribution >= 4 is 17.4 Å². The Balaban J connectivity index is 1.40. The van der Waals surface area contributed by atoms with Crippen LogP contribution < -0.4 is 9.47 Å². The van der Waals surface area contributed by atoms with Gasteiger partial charge in [0, 0.05) is 12.1 Å². The molecule has 0 radical (unpaired) electrons. The minimum atomic E-state index is -0.723. The first-order valence-electron chi connectivity index (χ1n) is 15.5. The van der Waals surface area contributed by atoms with E-state index in [0.29, 0.717) is 43.2 Å². The fourth-order valence-corrected chi connectivity index (χ4v) is 5.55. The van der Waals surface area contributed by atoms with Crippen molar-refractivity contribution in [2.24, 2.45) is 0 Å². The molecule has 1 amide bonds. The average molecular weight is 605 g/mol. The maximum atomic E-state index is 13.5. The molecule has 232 valence electrons. The van der Waals surface area contributed by atoms with Crippen LogP contribution in [0.4, 0.5) is 0 Å². The third-order valence-corrected chi connectivity index (χ3v) is 8.13. The molecule has 0 saturated carbocycles. The van der Waals surface area contributed by atoms with Gasteiger partial charge in [-0.2, -0.15) is 0 Å². The van der Waals surface area contributed by atoms with Crippen LogP contribution in [0.25, 0.3) is 5.76 Å². The van der Waals surface area contributed by atoms with Gasteiger partial charge in [0.15, 0.2) is 0 Å². The lowest BCUT2D eigenvalue weighted by molar-refractivity contribution is -0.140. The first-order valence-corrected chi connectivity index (χ1v) is 15.5. The number of hydrogen-bond donors (Lipinski definition) is 1. The smallest absolute Gasteiger partial charge is 0.295 e. The summed E-state index contributed by atoms with van der Waals surface area (Å²) >= 11 is 0. The molecule has 0 aliphatic carbocycles. The van der Waals surface area contributed by atoms with Gasteiger partial charge >= 0.3 is 0 Å². The Bertz CT molecular complexity index is 1580. The number of ether oxygens (including phenoxy) is 2. The number of amides is 1. The second-order valence-electron chi connectivity index (χ2n) is 11.0. The van der Waals surface area contributed by atoms with Gasteiger partial charge in [-0.15, -0.1) is 0 Å². The molecule has 0 aromatic heterocycles. The molecule has 4 aromatic rings. The molecule has 1 saturated heterocycles. The Labute approximate surface area is 265 Å². The van der Waals surface area contributed by atoms with Crippen LogP contribution in [-0.4, -0.2) is 52.8 Å². The van der Waals surface area contributed by atoms with Gasteiger partial charge in [-0.25, -0.2) is 0 Å². The summed E-state index contributed by atoms with van der Waals surface area (Å²) in [6, 6.07) is 33.4. The van der Waals surface area contributed by atoms with Gasteiger partial charge in [0.05, 0.1) is 11.6 Å². The Kier molecular flexibility index (Phi) is 10.7. The van der Waals surface area contributed by atoms with Crippen LogP contribution in [0.1, 0.15) is 48.6 Å². The molecule has 5 rings (SSSR count). The third kappa shape index (κ3) is 7.80. The highest BCUT2D eigenvalue weighted by Gasteiger charge is 2.45. The van der Waals surface area contributed by atoms with E-state index in [0.717, 1.165) is 36.3 Å². The summed E-state index contributed by atoms with van der Waals surface area (Å²) in [5.41, 5.74) is 3.35. The summed E-state index contributed by atoms with van der Waals surface area (Å²) < 4.78 is 11.9. The van der Waals surface area contributed by atoms with Crippen LogP contribution in [0.3, 0.4) is 0 Å². The normalized spacial score (nSPS) is 15.9. The number of Topliss-reactive ketones (excluding diaryl/α,β-unsaturated/α-hetero) is 1. The Morgan fingerprint density at radius 2 is 1.24 bits per heavy atom. The van der Waals surface area contributed by atoms with Gasteiger partial charge in [0.25, 0.3) is 11.7 Å². The molecule has 4 aromatic carbocycles. The van der Waals surface area contributed by atoms with Crippen LogP contribution in [0.5, 0.6) is 11.5 Å². The summed E-state index contributed by atoms with van der Waals surface area (Å²) in [4.78, 5) is 30.8. The summed E-state index contributed by atoms with van der Waals surface area (Å²) in [6.45, 7) is 8.07. The molecule has 0 unspecified atom stereocenters. The first kappa shape index (κ1) is 31.5. The molecule has 1 aliphatic heterocycles. The fourth-order valence-electron chi connectivity index (χ4n) is 5.55. The van der Waals surface area contributed by atoms with E-state index in [1.807, 2.05) is 84.9 Å². The van der Waals surface area contributed by atoms with Crippen molar-refractivity contribution in [3.05, 3.63) is 137 Å². The van der Waals surface area contributed by atoms with Gasteiger partial charge in [-0.1, -0.05) is 86.6 Å². The Hall–Kier alpha value is -4.88. The zero-order valence-electron chi connectivity index (χ0n) is 25.9. The molecule has 1 heterocycles. The predicted octanol–water partition coefficient (Wildman–Crippen LogP) is 7.00. The van der Waals surface area contributed by atoms with Crippen LogP contribution in [0, 0.1) is 0 Å². The van der Waals surface area contributed by atoms with E-state index in [1.54, 1.807) is 29.2 Å². The van der Waals surface area contributed by atoms with Crippen molar-refractivity contribution in [3.8, 4) is 11.5 Å². The van der Waals surface area contributed by atoms with Crippen LogP contribution in [0.2, 0.25) is 0 Å². The number of carbonyl (C=O) groups excluding carboxylic acids is 2. The monoisotopic (exact) mass is 604 g/mol. The van der Waals surface area contributed by atoms with E-state index >= 15 is 0 Å². The number of aliphatic hydroxyl groups excluding tert-OH is 1. The van der Waals surface area contributed by atoms with E-state index in [1.165, 1.54) is 0 Å². The molecule has 1 fully saturated rings. The van der Waals surface area contributed by atoms with Crippen LogP contribution in [-0.2, 0) is 22.8 Å². The summed E-state index contributed by atoms with van der Waals surface area (Å²) in [7, 11) is 0. The summed E-state index contributed by atoms with van der Waals surface area (Å²) in [5.74, 6) is -0.187. The number of aliphatic hydroxyl groups is 1. The number of nitrogens with zero attached hydrogens (tertiary/aromatic N) is 2. The molecule has 0 bridgehead atoms. The molecule has 0 spiro atoms. The highest BCUT2D eigenvalue weighted by atomic mass is 16.5. The van der Waals surface area contributed by atoms with Crippen molar-refractivity contribution in [1.29, 1.82) is 0 Å². The highest BCUT2D eigenvalue weighted by molar-refractivity contribution is 6.46. The second-order valence-corrected chi connectivity index (χ2v) is 11.0. The van der Waals surface area contributed by atoms with Crippen molar-refractivity contribution in [1.82, 2.24) is 9.80 Å². The lowest BCUT2D eigenvalue weighted by Crippen LogP contribution is -2.33. The van der Waals surface area contributed by atoms with Gasteiger partial charge in [-0.3, -0.25) is 9.59 Å². The van der Waals surface area contributed by atoms with Crippen molar-refractivity contribution in [2.45, 2.75) is 39.5 Å². The lowest BCUT2D eigenvalue weighted by Gasteiger charge is -2.27. The van der Waals surface area contributed by atoms with E-state index in [4.69, 9.17) is 9.47 Å². The predicted molar refractivity (Wildman–Crippen MR) is 176 cm³/mol. The largest absolute Gasteiger partial charge is 0.507 e. The van der Waals surface area contributed by atoms with Crippen molar-refractivity contribution in [2.75, 3.05) is 26.2 Å². The fraction of sp³-hybridized carbons (Fsp3) is 0.263. The minimum Gasteiger partial charge on any atom is -0.507 e. The first-order chi connectivity index (χ1) is 22.0. The summed E-state index contributed by atoms with van der Waals surface area (Å²) in [6.07, 6.45) is 0.705. The van der Waals surface area contributed by atoms with E-state index in [9.17, 15) is 14.7 Å². The number of rotatable bonds is 14. The number of carbonyl (C=O) groups is 2. The average Bonchev–Trinajstić information content (AvgIpc) is 3.34. The Morgan fingerprint density at radius 3 is 1.76 bits per heavy atom. The maximum Gasteiger partial charge on any atom is 0.295 e. The van der Waals surface area contributed by atoms with Gasteiger partial charge in [0.2, 0.25) is 0 Å². The highest BCUT2D eigenvalue weighted by Crippen LogP contribution is 2.40.